The number of benzene rings is 1. The molecule has 1 aromatic heterocycles. The van der Waals surface area contributed by atoms with Gasteiger partial charge in [0.05, 0.1) is 5.56 Å². The van der Waals surface area contributed by atoms with E-state index in [0.29, 0.717) is 17.1 Å². The number of rotatable bonds is 1. The molecule has 0 saturated carbocycles. The molecule has 17 heavy (non-hydrogen) atoms. The van der Waals surface area contributed by atoms with Crippen molar-refractivity contribution in [3.63, 3.8) is 0 Å². The molecule has 2 heterocycles. The molecule has 0 N–H and O–H groups in total. The number of allylic oxidation sites excluding steroid dienone is 1. The van der Waals surface area contributed by atoms with E-state index in [1.165, 1.54) is 0 Å². The molecule has 0 radical (unpaired) electrons. The van der Waals surface area contributed by atoms with Gasteiger partial charge in [-0.05, 0) is 29.6 Å². The molecule has 1 aliphatic heterocycles. The van der Waals surface area contributed by atoms with Gasteiger partial charge < -0.3 is 4.74 Å². The SMILES string of the molecule is O=C1C(=Cc2cccs2)Oc2ccc(Br)cc21. The first kappa shape index (κ1) is 10.7. The second kappa shape index (κ2) is 4.13. The molecule has 84 valence electrons. The van der Waals surface area contributed by atoms with Gasteiger partial charge in [-0.15, -0.1) is 11.3 Å². The van der Waals surface area contributed by atoms with Crippen LogP contribution in [0.15, 0.2) is 45.9 Å². The zero-order valence-electron chi connectivity index (χ0n) is 8.64. The van der Waals surface area contributed by atoms with E-state index in [9.17, 15) is 4.79 Å². The summed E-state index contributed by atoms with van der Waals surface area (Å²) in [6.07, 6.45) is 1.78. The Labute approximate surface area is 111 Å². The van der Waals surface area contributed by atoms with Crippen LogP contribution >= 0.6 is 27.3 Å². The lowest BCUT2D eigenvalue weighted by atomic mass is 10.1. The largest absolute Gasteiger partial charge is 0.452 e. The number of carbonyl (C=O) groups is 1. The summed E-state index contributed by atoms with van der Waals surface area (Å²) in [7, 11) is 0. The van der Waals surface area contributed by atoms with Crippen molar-refractivity contribution < 1.29 is 9.53 Å². The quantitative estimate of drug-likeness (QED) is 0.741. The van der Waals surface area contributed by atoms with E-state index < -0.39 is 0 Å². The fourth-order valence-electron chi connectivity index (χ4n) is 1.66. The van der Waals surface area contributed by atoms with Gasteiger partial charge in [0.15, 0.2) is 5.76 Å². The monoisotopic (exact) mass is 306 g/mol. The highest BCUT2D eigenvalue weighted by Crippen LogP contribution is 2.34. The van der Waals surface area contributed by atoms with Crippen molar-refractivity contribution >= 4 is 39.1 Å². The Morgan fingerprint density at radius 3 is 2.94 bits per heavy atom. The Balaban J connectivity index is 2.02. The fraction of sp³-hybridized carbons (Fsp3) is 0. The molecule has 2 nitrogen and oxygen atoms in total. The zero-order chi connectivity index (χ0) is 11.8. The van der Waals surface area contributed by atoms with E-state index in [2.05, 4.69) is 15.9 Å². The highest BCUT2D eigenvalue weighted by atomic mass is 79.9. The van der Waals surface area contributed by atoms with E-state index in [-0.39, 0.29) is 5.78 Å². The molecule has 0 amide bonds. The van der Waals surface area contributed by atoms with Gasteiger partial charge >= 0.3 is 0 Å². The standard InChI is InChI=1S/C13H7BrO2S/c14-8-3-4-11-10(6-8)13(15)12(16-11)7-9-2-1-5-17-9/h1-7H. The summed E-state index contributed by atoms with van der Waals surface area (Å²) in [6.45, 7) is 0. The highest BCUT2D eigenvalue weighted by Gasteiger charge is 2.27. The first-order valence-electron chi connectivity index (χ1n) is 5.01. The predicted molar refractivity (Wildman–Crippen MR) is 71.4 cm³/mol. The molecule has 0 fully saturated rings. The van der Waals surface area contributed by atoms with Gasteiger partial charge in [-0.1, -0.05) is 22.0 Å². The number of thiophene rings is 1. The van der Waals surface area contributed by atoms with Gasteiger partial charge in [0.2, 0.25) is 5.78 Å². The Hall–Kier alpha value is -1.39. The first-order chi connectivity index (χ1) is 8.24. The van der Waals surface area contributed by atoms with E-state index in [0.717, 1.165) is 9.35 Å². The summed E-state index contributed by atoms with van der Waals surface area (Å²) in [5.74, 6) is 0.955. The predicted octanol–water partition coefficient (Wildman–Crippen LogP) is 4.13. The lowest BCUT2D eigenvalue weighted by molar-refractivity contribution is 0.101. The maximum atomic E-state index is 12.1. The van der Waals surface area contributed by atoms with Crippen molar-refractivity contribution in [2.45, 2.75) is 0 Å². The second-order valence-electron chi connectivity index (χ2n) is 3.60. The molecule has 4 heteroatoms. The minimum absolute atomic E-state index is 0.0605. The number of fused-ring (bicyclic) bond motifs is 1. The number of hydrogen-bond acceptors (Lipinski definition) is 3. The molecule has 3 rings (SSSR count). The van der Waals surface area contributed by atoms with Gasteiger partial charge in [0.25, 0.3) is 0 Å². The van der Waals surface area contributed by atoms with Gasteiger partial charge in [-0.3, -0.25) is 4.79 Å². The van der Waals surface area contributed by atoms with Crippen molar-refractivity contribution in [1.29, 1.82) is 0 Å². The van der Waals surface area contributed by atoms with Crippen LogP contribution in [0.4, 0.5) is 0 Å². The van der Waals surface area contributed by atoms with Crippen molar-refractivity contribution in [2.24, 2.45) is 0 Å². The minimum atomic E-state index is -0.0605. The molecule has 1 aliphatic rings. The molecule has 1 aromatic carbocycles. The fourth-order valence-corrected chi connectivity index (χ4v) is 2.67. The third kappa shape index (κ3) is 1.94. The summed E-state index contributed by atoms with van der Waals surface area (Å²) >= 11 is 4.92. The maximum Gasteiger partial charge on any atom is 0.232 e. The molecular formula is C13H7BrO2S. The lowest BCUT2D eigenvalue weighted by Gasteiger charge is -1.96. The molecule has 2 aromatic rings. The van der Waals surface area contributed by atoms with E-state index in [1.807, 2.05) is 23.6 Å². The summed E-state index contributed by atoms with van der Waals surface area (Å²) in [5.41, 5.74) is 0.613. The number of carbonyl (C=O) groups excluding carboxylic acids is 1. The Kier molecular flexibility index (Phi) is 2.61. The average molecular weight is 307 g/mol. The van der Waals surface area contributed by atoms with Gasteiger partial charge in [0, 0.05) is 15.4 Å². The molecule has 0 spiro atoms. The average Bonchev–Trinajstić information content (AvgIpc) is 2.91. The Morgan fingerprint density at radius 1 is 1.29 bits per heavy atom. The third-order valence-corrected chi connectivity index (χ3v) is 3.76. The van der Waals surface area contributed by atoms with Crippen molar-refractivity contribution in [3.05, 3.63) is 56.4 Å². The van der Waals surface area contributed by atoms with Crippen LogP contribution in [0.3, 0.4) is 0 Å². The molecular weight excluding hydrogens is 300 g/mol. The summed E-state index contributed by atoms with van der Waals surface area (Å²) in [4.78, 5) is 13.1. The summed E-state index contributed by atoms with van der Waals surface area (Å²) in [6, 6.07) is 9.34. The zero-order valence-corrected chi connectivity index (χ0v) is 11.0. The van der Waals surface area contributed by atoms with Gasteiger partial charge in [0.1, 0.15) is 5.75 Å². The number of Topliss-reactive ketones (excluding diaryl/α,β-unsaturated/α-hetero) is 1. The van der Waals surface area contributed by atoms with Crippen LogP contribution in [0.2, 0.25) is 0 Å². The smallest absolute Gasteiger partial charge is 0.232 e. The van der Waals surface area contributed by atoms with Crippen molar-refractivity contribution in [3.8, 4) is 5.75 Å². The van der Waals surface area contributed by atoms with Crippen LogP contribution in [-0.2, 0) is 0 Å². The minimum Gasteiger partial charge on any atom is -0.452 e. The normalized spacial score (nSPS) is 16.1. The topological polar surface area (TPSA) is 26.3 Å². The Morgan fingerprint density at radius 2 is 2.18 bits per heavy atom. The van der Waals surface area contributed by atoms with E-state index >= 15 is 0 Å². The summed E-state index contributed by atoms with van der Waals surface area (Å²) < 4.78 is 6.43. The summed E-state index contributed by atoms with van der Waals surface area (Å²) in [5, 5.41) is 1.97. The van der Waals surface area contributed by atoms with Crippen LogP contribution in [0.1, 0.15) is 15.2 Å². The number of ketones is 1. The third-order valence-electron chi connectivity index (χ3n) is 2.45. The van der Waals surface area contributed by atoms with Crippen LogP contribution in [0, 0.1) is 0 Å². The molecule has 0 unspecified atom stereocenters. The second-order valence-corrected chi connectivity index (χ2v) is 5.49. The number of halogens is 1. The lowest BCUT2D eigenvalue weighted by Crippen LogP contribution is -1.97. The molecule has 0 saturated heterocycles. The maximum absolute atomic E-state index is 12.1. The van der Waals surface area contributed by atoms with Crippen LogP contribution in [0.5, 0.6) is 5.75 Å². The molecule has 0 atom stereocenters. The van der Waals surface area contributed by atoms with Crippen LogP contribution < -0.4 is 4.74 Å². The van der Waals surface area contributed by atoms with Gasteiger partial charge in [-0.2, -0.15) is 0 Å². The van der Waals surface area contributed by atoms with Crippen LogP contribution in [-0.4, -0.2) is 5.78 Å². The van der Waals surface area contributed by atoms with Gasteiger partial charge in [-0.25, -0.2) is 0 Å². The van der Waals surface area contributed by atoms with E-state index in [1.54, 1.807) is 29.5 Å². The molecule has 0 bridgehead atoms. The number of hydrogen-bond donors (Lipinski definition) is 0. The molecule has 0 aliphatic carbocycles. The van der Waals surface area contributed by atoms with E-state index in [4.69, 9.17) is 4.74 Å². The van der Waals surface area contributed by atoms with Crippen LogP contribution in [0.25, 0.3) is 6.08 Å². The number of ether oxygens (including phenoxy) is 1. The van der Waals surface area contributed by atoms with Crippen molar-refractivity contribution in [1.82, 2.24) is 0 Å². The first-order valence-corrected chi connectivity index (χ1v) is 6.68. The highest BCUT2D eigenvalue weighted by molar-refractivity contribution is 9.10. The van der Waals surface area contributed by atoms with Crippen molar-refractivity contribution in [2.75, 3.05) is 0 Å². The Bertz CT molecular complexity index is 614.